The molecular weight excluding hydrogens is 639 g/mol. The molecule has 1 spiro atoms. The van der Waals surface area contributed by atoms with Gasteiger partial charge in [-0.25, -0.2) is 17.5 Å². The van der Waals surface area contributed by atoms with E-state index in [1.807, 2.05) is 24.3 Å². The molecule has 5 rings (SSSR count). The number of nitrogens with one attached hydrogen (secondary N) is 1. The highest BCUT2D eigenvalue weighted by Gasteiger charge is 2.44. The predicted molar refractivity (Wildman–Crippen MR) is 186 cm³/mol. The quantitative estimate of drug-likeness (QED) is 0.212. The number of nitrogens with zero attached hydrogens (tertiary/aromatic N) is 1. The first-order valence-corrected chi connectivity index (χ1v) is 19.0. The Morgan fingerprint density at radius 3 is 2.77 bits per heavy atom. The number of allylic oxidation sites excluding steroid dienone is 2. The Balaban J connectivity index is 1.50. The minimum Gasteiger partial charge on any atom is -0.490 e. The van der Waals surface area contributed by atoms with Gasteiger partial charge in [0.05, 0.1) is 29.2 Å². The summed E-state index contributed by atoms with van der Waals surface area (Å²) in [6, 6.07) is 8.64. The fraction of sp³-hybridized carbons (Fsp3) is 0.541. The molecule has 47 heavy (non-hydrogen) atoms. The molecule has 1 amide bonds. The monoisotopic (exact) mass is 686 g/mol. The van der Waals surface area contributed by atoms with Crippen LogP contribution in [0.25, 0.3) is 0 Å². The van der Waals surface area contributed by atoms with Crippen LogP contribution in [0.2, 0.25) is 5.02 Å². The molecule has 2 N–H and O–H groups in total. The molecule has 0 saturated heterocycles. The lowest BCUT2D eigenvalue weighted by Crippen LogP contribution is -2.49. The summed E-state index contributed by atoms with van der Waals surface area (Å²) in [6.45, 7) is 8.97. The standard InChI is InChI=1S/C37H48ClFN2O5S/c1-4-7-9-13-34(42)29-16-14-26(29)22-41-23-37(18-10-11-25-19-27(38)15-17-31(25)37)24-46-35-21-32(39)30(20-33(35)41)36(43)40-47(44,45)28(6-3)12-8-5-2/h5,9,13,15,17,19-21,26,28-29,34,42H,2,4,6-8,10-12,14,16,18,22-24H2,1,3H3,(H,40,43)/b13-9+/t26-,28?,29+,34?,37-/m0/s1. The van der Waals surface area contributed by atoms with E-state index in [-0.39, 0.29) is 17.4 Å². The van der Waals surface area contributed by atoms with Gasteiger partial charge < -0.3 is 14.7 Å². The van der Waals surface area contributed by atoms with E-state index in [9.17, 15) is 18.3 Å². The minimum absolute atomic E-state index is 0.0824. The van der Waals surface area contributed by atoms with E-state index in [1.165, 1.54) is 17.7 Å². The van der Waals surface area contributed by atoms with Gasteiger partial charge in [0, 0.05) is 29.6 Å². The number of aryl methyl sites for hydroxylation is 1. The highest BCUT2D eigenvalue weighted by Crippen LogP contribution is 2.47. The summed E-state index contributed by atoms with van der Waals surface area (Å²) < 4.78 is 50.5. The second kappa shape index (κ2) is 15.1. The highest BCUT2D eigenvalue weighted by atomic mass is 35.5. The number of carbonyl (C=O) groups is 1. The van der Waals surface area contributed by atoms with Crippen molar-refractivity contribution in [3.05, 3.63) is 82.7 Å². The number of aliphatic hydroxyl groups excluding tert-OH is 1. The van der Waals surface area contributed by atoms with Crippen molar-refractivity contribution in [2.45, 2.75) is 94.8 Å². The van der Waals surface area contributed by atoms with Crippen LogP contribution in [0.5, 0.6) is 5.75 Å². The van der Waals surface area contributed by atoms with Crippen LogP contribution in [-0.2, 0) is 21.9 Å². The van der Waals surface area contributed by atoms with E-state index in [1.54, 1.807) is 13.0 Å². The van der Waals surface area contributed by atoms with Crippen LogP contribution in [0.4, 0.5) is 10.1 Å². The Hall–Kier alpha value is -2.88. The van der Waals surface area contributed by atoms with Crippen molar-refractivity contribution in [3.63, 3.8) is 0 Å². The molecule has 1 aliphatic heterocycles. The molecular formula is C37H48ClFN2O5S. The number of hydrogen-bond donors (Lipinski definition) is 2. The number of benzene rings is 2. The third-order valence-corrected chi connectivity index (χ3v) is 12.5. The lowest BCUT2D eigenvalue weighted by atomic mass is 9.68. The van der Waals surface area contributed by atoms with Crippen LogP contribution in [0.15, 0.2) is 55.1 Å². The van der Waals surface area contributed by atoms with Gasteiger partial charge in [0.15, 0.2) is 0 Å². The van der Waals surface area contributed by atoms with E-state index >= 15 is 4.39 Å². The summed E-state index contributed by atoms with van der Waals surface area (Å²) in [5, 5.41) is 10.9. The molecule has 2 unspecified atom stereocenters. The number of ether oxygens (including phenoxy) is 1. The van der Waals surface area contributed by atoms with Crippen molar-refractivity contribution >= 4 is 33.2 Å². The zero-order valence-electron chi connectivity index (χ0n) is 27.5. The van der Waals surface area contributed by atoms with E-state index in [0.717, 1.165) is 50.5 Å². The summed E-state index contributed by atoms with van der Waals surface area (Å²) in [6.07, 6.45) is 12.6. The molecule has 1 saturated carbocycles. The summed E-state index contributed by atoms with van der Waals surface area (Å²) in [4.78, 5) is 15.6. The molecule has 2 aliphatic carbocycles. The van der Waals surface area contributed by atoms with Crippen LogP contribution >= 0.6 is 11.6 Å². The molecule has 1 heterocycles. The van der Waals surface area contributed by atoms with E-state index in [0.29, 0.717) is 55.4 Å². The summed E-state index contributed by atoms with van der Waals surface area (Å²) in [5.41, 5.74) is 2.13. The highest BCUT2D eigenvalue weighted by molar-refractivity contribution is 7.90. The van der Waals surface area contributed by atoms with Crippen LogP contribution in [0.3, 0.4) is 0 Å². The van der Waals surface area contributed by atoms with Gasteiger partial charge in [-0.15, -0.1) is 6.58 Å². The first-order valence-electron chi connectivity index (χ1n) is 17.0. The first kappa shape index (κ1) is 35.4. The van der Waals surface area contributed by atoms with Crippen molar-refractivity contribution in [2.75, 3.05) is 24.6 Å². The van der Waals surface area contributed by atoms with Gasteiger partial charge in [0.2, 0.25) is 10.0 Å². The summed E-state index contributed by atoms with van der Waals surface area (Å²) in [7, 11) is -4.05. The number of aliphatic hydroxyl groups is 1. The lowest BCUT2D eigenvalue weighted by Gasteiger charge is -2.45. The van der Waals surface area contributed by atoms with Gasteiger partial charge in [0.1, 0.15) is 11.6 Å². The maximum atomic E-state index is 15.7. The number of hydrogen-bond acceptors (Lipinski definition) is 6. The molecule has 10 heteroatoms. The number of fused-ring (bicyclic) bond motifs is 3. The topological polar surface area (TPSA) is 95.9 Å². The molecule has 0 bridgehead atoms. The fourth-order valence-electron chi connectivity index (χ4n) is 7.56. The largest absolute Gasteiger partial charge is 0.490 e. The Kier molecular flexibility index (Phi) is 11.4. The normalized spacial score (nSPS) is 23.6. The van der Waals surface area contributed by atoms with Gasteiger partial charge in [-0.2, -0.15) is 0 Å². The molecule has 7 nitrogen and oxygen atoms in total. The summed E-state index contributed by atoms with van der Waals surface area (Å²) in [5.74, 6) is -1.28. The Bertz CT molecular complexity index is 1600. The Labute approximate surface area is 284 Å². The maximum Gasteiger partial charge on any atom is 0.267 e. The van der Waals surface area contributed by atoms with E-state index in [2.05, 4.69) is 29.2 Å². The second-order valence-corrected chi connectivity index (χ2v) is 15.9. The van der Waals surface area contributed by atoms with Crippen molar-refractivity contribution in [3.8, 4) is 5.75 Å². The van der Waals surface area contributed by atoms with Gasteiger partial charge >= 0.3 is 0 Å². The van der Waals surface area contributed by atoms with Crippen LogP contribution < -0.4 is 14.4 Å². The van der Waals surface area contributed by atoms with E-state index < -0.39 is 38.5 Å². The average molecular weight is 687 g/mol. The van der Waals surface area contributed by atoms with Crippen LogP contribution in [0.1, 0.15) is 93.1 Å². The molecule has 2 aromatic rings. The van der Waals surface area contributed by atoms with Crippen molar-refractivity contribution in [1.29, 1.82) is 0 Å². The van der Waals surface area contributed by atoms with Crippen molar-refractivity contribution in [1.82, 2.24) is 4.72 Å². The third kappa shape index (κ3) is 7.73. The van der Waals surface area contributed by atoms with Gasteiger partial charge in [-0.05, 0) is 98.9 Å². The molecule has 2 aromatic carbocycles. The number of unbranched alkanes of at least 4 members (excludes halogenated alkanes) is 1. The van der Waals surface area contributed by atoms with Crippen LogP contribution in [0, 0.1) is 17.7 Å². The van der Waals surface area contributed by atoms with Crippen molar-refractivity contribution in [2.24, 2.45) is 11.8 Å². The predicted octanol–water partition coefficient (Wildman–Crippen LogP) is 7.50. The smallest absolute Gasteiger partial charge is 0.267 e. The second-order valence-electron chi connectivity index (χ2n) is 13.5. The Morgan fingerprint density at radius 1 is 1.26 bits per heavy atom. The lowest BCUT2D eigenvalue weighted by molar-refractivity contribution is 0.0456. The fourth-order valence-corrected chi connectivity index (χ4v) is 9.17. The molecule has 0 radical (unpaired) electrons. The summed E-state index contributed by atoms with van der Waals surface area (Å²) >= 11 is 6.39. The number of rotatable bonds is 13. The first-order chi connectivity index (χ1) is 22.5. The zero-order chi connectivity index (χ0) is 33.8. The average Bonchev–Trinajstić information content (AvgIpc) is 3.15. The molecule has 3 aliphatic rings. The number of halogens is 2. The molecule has 1 fully saturated rings. The minimum atomic E-state index is -4.05. The number of sulfonamides is 1. The maximum absolute atomic E-state index is 15.7. The number of anilines is 1. The van der Waals surface area contributed by atoms with E-state index in [4.69, 9.17) is 16.3 Å². The third-order valence-electron chi connectivity index (χ3n) is 10.4. The molecule has 0 aromatic heterocycles. The molecule has 5 atom stereocenters. The van der Waals surface area contributed by atoms with Gasteiger partial charge in [-0.3, -0.25) is 4.79 Å². The van der Waals surface area contributed by atoms with Gasteiger partial charge in [0.25, 0.3) is 5.91 Å². The number of carbonyl (C=O) groups excluding carboxylic acids is 1. The van der Waals surface area contributed by atoms with Crippen LogP contribution in [-0.4, -0.2) is 50.5 Å². The van der Waals surface area contributed by atoms with Gasteiger partial charge in [-0.1, -0.05) is 56.2 Å². The SMILES string of the molecule is C=CCCC(CC)S(=O)(=O)NC(=O)c1cc2c(cc1F)OC[C@]1(CCCc3cc(Cl)ccc31)CN2C[C@@H]1CC[C@H]1C(O)/C=C/CCC. The zero-order valence-corrected chi connectivity index (χ0v) is 29.1. The molecule has 256 valence electrons. The Morgan fingerprint density at radius 2 is 2.06 bits per heavy atom. The van der Waals surface area contributed by atoms with Crippen molar-refractivity contribution < 1.29 is 27.4 Å². The number of amides is 1.